The van der Waals surface area contributed by atoms with E-state index in [0.717, 1.165) is 11.1 Å². The molecule has 0 aliphatic rings. The van der Waals surface area contributed by atoms with E-state index in [4.69, 9.17) is 4.84 Å². The zero-order valence-corrected chi connectivity index (χ0v) is 13.9. The topological polar surface area (TPSA) is 50.7 Å². The molecule has 0 heterocycles. The SMILES string of the molecule is O=C(CON=Cc1ccccc1F)Nc1ccccc1-c1ccccc1. The van der Waals surface area contributed by atoms with Crippen molar-refractivity contribution in [3.05, 3.63) is 90.2 Å². The first-order valence-electron chi connectivity index (χ1n) is 8.08. The normalized spacial score (nSPS) is 10.7. The number of nitrogens with one attached hydrogen (secondary N) is 1. The lowest BCUT2D eigenvalue weighted by atomic mass is 10.0. The predicted molar refractivity (Wildman–Crippen MR) is 100 cm³/mol. The molecule has 0 unspecified atom stereocenters. The van der Waals surface area contributed by atoms with E-state index in [1.165, 1.54) is 12.3 Å². The molecule has 0 aromatic heterocycles. The van der Waals surface area contributed by atoms with E-state index in [-0.39, 0.29) is 12.5 Å². The second-order valence-electron chi connectivity index (χ2n) is 5.49. The molecule has 3 rings (SSSR count). The van der Waals surface area contributed by atoms with Crippen molar-refractivity contribution >= 4 is 17.8 Å². The zero-order chi connectivity index (χ0) is 18.2. The van der Waals surface area contributed by atoms with Gasteiger partial charge in [-0.15, -0.1) is 0 Å². The number of para-hydroxylation sites is 1. The predicted octanol–water partition coefficient (Wildman–Crippen LogP) is 4.48. The Morgan fingerprint density at radius 3 is 2.46 bits per heavy atom. The minimum Gasteiger partial charge on any atom is -0.386 e. The van der Waals surface area contributed by atoms with Crippen molar-refractivity contribution in [3.63, 3.8) is 0 Å². The van der Waals surface area contributed by atoms with Gasteiger partial charge in [-0.2, -0.15) is 0 Å². The van der Waals surface area contributed by atoms with Crippen molar-refractivity contribution in [1.82, 2.24) is 0 Å². The fourth-order valence-corrected chi connectivity index (χ4v) is 2.42. The molecule has 0 aliphatic heterocycles. The first-order chi connectivity index (χ1) is 12.7. The van der Waals surface area contributed by atoms with Gasteiger partial charge in [-0.05, 0) is 17.7 Å². The molecule has 0 saturated heterocycles. The molecule has 0 radical (unpaired) electrons. The highest BCUT2D eigenvalue weighted by Gasteiger charge is 2.08. The van der Waals surface area contributed by atoms with Crippen molar-refractivity contribution in [1.29, 1.82) is 0 Å². The summed E-state index contributed by atoms with van der Waals surface area (Å²) < 4.78 is 13.4. The zero-order valence-electron chi connectivity index (χ0n) is 13.9. The summed E-state index contributed by atoms with van der Waals surface area (Å²) in [7, 11) is 0. The summed E-state index contributed by atoms with van der Waals surface area (Å²) in [5, 5.41) is 6.45. The number of benzene rings is 3. The van der Waals surface area contributed by atoms with Crippen molar-refractivity contribution in [2.24, 2.45) is 5.16 Å². The Hall–Kier alpha value is -3.47. The van der Waals surface area contributed by atoms with Gasteiger partial charge in [-0.3, -0.25) is 4.79 Å². The molecule has 26 heavy (non-hydrogen) atoms. The van der Waals surface area contributed by atoms with Crippen LogP contribution >= 0.6 is 0 Å². The third-order valence-corrected chi connectivity index (χ3v) is 3.65. The van der Waals surface area contributed by atoms with Crippen LogP contribution in [0, 0.1) is 5.82 Å². The molecule has 0 fully saturated rings. The second kappa shape index (κ2) is 8.58. The van der Waals surface area contributed by atoms with Gasteiger partial charge in [-0.25, -0.2) is 4.39 Å². The fraction of sp³-hybridized carbons (Fsp3) is 0.0476. The van der Waals surface area contributed by atoms with Crippen LogP contribution in [0.15, 0.2) is 84.0 Å². The standard InChI is InChI=1S/C21H17FN2O2/c22-19-12-6-4-10-17(19)14-23-26-15-21(25)24-20-13-7-5-11-18(20)16-8-2-1-3-9-16/h1-14H,15H2,(H,24,25). The molecule has 0 aliphatic carbocycles. The number of oxime groups is 1. The third kappa shape index (κ3) is 4.54. The molecule has 3 aromatic carbocycles. The highest BCUT2D eigenvalue weighted by Crippen LogP contribution is 2.27. The Bertz CT molecular complexity index is 911. The van der Waals surface area contributed by atoms with Crippen LogP contribution in [0.4, 0.5) is 10.1 Å². The van der Waals surface area contributed by atoms with Gasteiger partial charge in [-0.1, -0.05) is 71.9 Å². The third-order valence-electron chi connectivity index (χ3n) is 3.65. The van der Waals surface area contributed by atoms with Crippen molar-refractivity contribution < 1.29 is 14.0 Å². The first-order valence-corrected chi connectivity index (χ1v) is 8.08. The number of hydrogen-bond acceptors (Lipinski definition) is 3. The van der Waals surface area contributed by atoms with Crippen LogP contribution in [0.25, 0.3) is 11.1 Å². The summed E-state index contributed by atoms with van der Waals surface area (Å²) in [6.45, 7) is -0.270. The van der Waals surface area contributed by atoms with E-state index in [1.54, 1.807) is 18.2 Å². The molecular weight excluding hydrogens is 331 g/mol. The van der Waals surface area contributed by atoms with E-state index < -0.39 is 5.82 Å². The van der Waals surface area contributed by atoms with Gasteiger partial charge in [0.15, 0.2) is 6.61 Å². The number of amides is 1. The van der Waals surface area contributed by atoms with Gasteiger partial charge >= 0.3 is 0 Å². The minimum atomic E-state index is -0.402. The molecule has 1 N–H and O–H groups in total. The Balaban J connectivity index is 1.60. The van der Waals surface area contributed by atoms with Gasteiger partial charge < -0.3 is 10.2 Å². The summed E-state index contributed by atoms with van der Waals surface area (Å²) in [5.41, 5.74) is 2.89. The molecule has 0 spiro atoms. The molecule has 5 heteroatoms. The Morgan fingerprint density at radius 1 is 0.962 bits per heavy atom. The summed E-state index contributed by atoms with van der Waals surface area (Å²) in [6.07, 6.45) is 1.24. The van der Waals surface area contributed by atoms with Gasteiger partial charge in [0.05, 0.1) is 6.21 Å². The summed E-state index contributed by atoms with van der Waals surface area (Å²) in [4.78, 5) is 17.1. The number of anilines is 1. The molecule has 130 valence electrons. The van der Waals surface area contributed by atoms with Gasteiger partial charge in [0.2, 0.25) is 0 Å². The van der Waals surface area contributed by atoms with E-state index in [1.807, 2.05) is 54.6 Å². The van der Waals surface area contributed by atoms with E-state index in [2.05, 4.69) is 10.5 Å². The highest BCUT2D eigenvalue weighted by atomic mass is 19.1. The smallest absolute Gasteiger partial charge is 0.265 e. The molecule has 3 aromatic rings. The van der Waals surface area contributed by atoms with Gasteiger partial charge in [0, 0.05) is 16.8 Å². The number of nitrogens with zero attached hydrogens (tertiary/aromatic N) is 1. The number of rotatable bonds is 6. The summed E-state index contributed by atoms with van der Waals surface area (Å²) in [5.74, 6) is -0.750. The molecule has 1 amide bonds. The molecule has 0 bridgehead atoms. The lowest BCUT2D eigenvalue weighted by molar-refractivity contribution is -0.120. The van der Waals surface area contributed by atoms with Crippen LogP contribution < -0.4 is 5.32 Å². The average molecular weight is 348 g/mol. The van der Waals surface area contributed by atoms with E-state index in [0.29, 0.717) is 11.3 Å². The van der Waals surface area contributed by atoms with Crippen molar-refractivity contribution in [3.8, 4) is 11.1 Å². The summed E-state index contributed by atoms with van der Waals surface area (Å²) in [6, 6.07) is 23.4. The number of carbonyl (C=O) groups excluding carboxylic acids is 1. The van der Waals surface area contributed by atoms with Crippen LogP contribution in [0.2, 0.25) is 0 Å². The van der Waals surface area contributed by atoms with Crippen LogP contribution in [-0.2, 0) is 9.63 Å². The maximum Gasteiger partial charge on any atom is 0.265 e. The number of halogens is 1. The van der Waals surface area contributed by atoms with E-state index in [9.17, 15) is 9.18 Å². The maximum atomic E-state index is 13.4. The van der Waals surface area contributed by atoms with E-state index >= 15 is 0 Å². The minimum absolute atomic E-state index is 0.270. The highest BCUT2D eigenvalue weighted by molar-refractivity contribution is 5.96. The number of hydrogen-bond donors (Lipinski definition) is 1. The lowest BCUT2D eigenvalue weighted by Gasteiger charge is -2.10. The Kier molecular flexibility index (Phi) is 5.72. The Labute approximate surface area is 150 Å². The first kappa shape index (κ1) is 17.4. The van der Waals surface area contributed by atoms with Crippen LogP contribution in [0.1, 0.15) is 5.56 Å². The molecule has 0 saturated carbocycles. The molecular formula is C21H17FN2O2. The summed E-state index contributed by atoms with van der Waals surface area (Å²) >= 11 is 0. The molecule has 4 nitrogen and oxygen atoms in total. The van der Waals surface area contributed by atoms with Crippen LogP contribution in [0.5, 0.6) is 0 Å². The lowest BCUT2D eigenvalue weighted by Crippen LogP contribution is -2.17. The maximum absolute atomic E-state index is 13.4. The van der Waals surface area contributed by atoms with Crippen LogP contribution in [-0.4, -0.2) is 18.7 Å². The largest absolute Gasteiger partial charge is 0.386 e. The second-order valence-corrected chi connectivity index (χ2v) is 5.49. The fourth-order valence-electron chi connectivity index (χ4n) is 2.42. The monoisotopic (exact) mass is 348 g/mol. The molecule has 0 atom stereocenters. The van der Waals surface area contributed by atoms with Crippen molar-refractivity contribution in [2.45, 2.75) is 0 Å². The Morgan fingerprint density at radius 2 is 1.65 bits per heavy atom. The average Bonchev–Trinajstić information content (AvgIpc) is 2.68. The van der Waals surface area contributed by atoms with Crippen molar-refractivity contribution in [2.75, 3.05) is 11.9 Å². The van der Waals surface area contributed by atoms with Crippen LogP contribution in [0.3, 0.4) is 0 Å². The quantitative estimate of drug-likeness (QED) is 0.527. The van der Waals surface area contributed by atoms with Gasteiger partial charge in [0.25, 0.3) is 5.91 Å². The van der Waals surface area contributed by atoms with Gasteiger partial charge in [0.1, 0.15) is 5.82 Å². The number of carbonyl (C=O) groups is 1.